The second-order valence-corrected chi connectivity index (χ2v) is 6.50. The van der Waals surface area contributed by atoms with Crippen molar-refractivity contribution < 1.29 is 4.79 Å². The minimum Gasteiger partial charge on any atom is -0.338 e. The number of hydrogen-bond acceptors (Lipinski definition) is 2. The number of rotatable bonds is 6. The molecular weight excluding hydrogens is 260 g/mol. The third-order valence-electron chi connectivity index (χ3n) is 4.51. The number of benzene rings is 1. The van der Waals surface area contributed by atoms with Gasteiger partial charge in [0.1, 0.15) is 0 Å². The summed E-state index contributed by atoms with van der Waals surface area (Å²) in [5.74, 6) is 1.36. The average Bonchev–Trinajstić information content (AvgIpc) is 2.99. The van der Waals surface area contributed by atoms with Gasteiger partial charge < -0.3 is 10.2 Å². The molecule has 2 atom stereocenters. The Kier molecular flexibility index (Phi) is 5.80. The first-order valence-corrected chi connectivity index (χ1v) is 8.11. The SMILES string of the molecule is CC(C)C(c1ccccc1)N(C)C(=O)CCC1CCNC1. The minimum absolute atomic E-state index is 0.167. The molecule has 1 saturated heterocycles. The second-order valence-electron chi connectivity index (χ2n) is 6.50. The molecule has 0 aliphatic carbocycles. The third-order valence-corrected chi connectivity index (χ3v) is 4.51. The molecule has 3 nitrogen and oxygen atoms in total. The van der Waals surface area contributed by atoms with Crippen LogP contribution in [0.25, 0.3) is 0 Å². The minimum atomic E-state index is 0.167. The molecule has 21 heavy (non-hydrogen) atoms. The van der Waals surface area contributed by atoms with Gasteiger partial charge in [0.2, 0.25) is 5.91 Å². The highest BCUT2D eigenvalue weighted by Crippen LogP contribution is 2.28. The van der Waals surface area contributed by atoms with Crippen LogP contribution in [0, 0.1) is 11.8 Å². The van der Waals surface area contributed by atoms with E-state index in [4.69, 9.17) is 0 Å². The van der Waals surface area contributed by atoms with Gasteiger partial charge in [0.25, 0.3) is 0 Å². The molecule has 0 bridgehead atoms. The lowest BCUT2D eigenvalue weighted by Gasteiger charge is -2.32. The van der Waals surface area contributed by atoms with Gasteiger partial charge in [-0.25, -0.2) is 0 Å². The van der Waals surface area contributed by atoms with Crippen molar-refractivity contribution in [3.8, 4) is 0 Å². The Hall–Kier alpha value is -1.35. The van der Waals surface area contributed by atoms with Crippen molar-refractivity contribution in [1.82, 2.24) is 10.2 Å². The Balaban J connectivity index is 1.97. The molecule has 1 aliphatic heterocycles. The van der Waals surface area contributed by atoms with Crippen molar-refractivity contribution in [3.63, 3.8) is 0 Å². The molecule has 2 rings (SSSR count). The van der Waals surface area contributed by atoms with Crippen LogP contribution < -0.4 is 5.32 Å². The van der Waals surface area contributed by atoms with E-state index >= 15 is 0 Å². The summed E-state index contributed by atoms with van der Waals surface area (Å²) in [4.78, 5) is 14.5. The first-order valence-electron chi connectivity index (χ1n) is 8.11. The Morgan fingerprint density at radius 3 is 2.62 bits per heavy atom. The van der Waals surface area contributed by atoms with E-state index in [1.165, 1.54) is 12.0 Å². The zero-order chi connectivity index (χ0) is 15.2. The Morgan fingerprint density at radius 2 is 2.05 bits per heavy atom. The van der Waals surface area contributed by atoms with Crippen LogP contribution in [-0.4, -0.2) is 30.9 Å². The van der Waals surface area contributed by atoms with Crippen molar-refractivity contribution in [3.05, 3.63) is 35.9 Å². The quantitative estimate of drug-likeness (QED) is 0.871. The van der Waals surface area contributed by atoms with E-state index in [1.807, 2.05) is 30.1 Å². The lowest BCUT2D eigenvalue weighted by molar-refractivity contribution is -0.133. The average molecular weight is 288 g/mol. The molecule has 0 spiro atoms. The normalized spacial score (nSPS) is 19.7. The summed E-state index contributed by atoms with van der Waals surface area (Å²) in [6.45, 7) is 6.54. The second kappa shape index (κ2) is 7.60. The molecular formula is C18H28N2O. The monoisotopic (exact) mass is 288 g/mol. The van der Waals surface area contributed by atoms with E-state index < -0.39 is 0 Å². The lowest BCUT2D eigenvalue weighted by atomic mass is 9.94. The van der Waals surface area contributed by atoms with Gasteiger partial charge >= 0.3 is 0 Å². The first kappa shape index (κ1) is 16.0. The molecule has 116 valence electrons. The predicted octanol–water partition coefficient (Wildman–Crippen LogP) is 3.23. The van der Waals surface area contributed by atoms with Crippen molar-refractivity contribution in [2.45, 2.75) is 39.2 Å². The van der Waals surface area contributed by atoms with E-state index in [2.05, 4.69) is 31.3 Å². The van der Waals surface area contributed by atoms with Gasteiger partial charge in [-0.2, -0.15) is 0 Å². The summed E-state index contributed by atoms with van der Waals surface area (Å²) < 4.78 is 0. The number of nitrogens with zero attached hydrogens (tertiary/aromatic N) is 1. The fourth-order valence-corrected chi connectivity index (χ4v) is 3.33. The maximum atomic E-state index is 12.5. The fraction of sp³-hybridized carbons (Fsp3) is 0.611. The molecule has 1 aromatic rings. The van der Waals surface area contributed by atoms with Crippen LogP contribution in [0.3, 0.4) is 0 Å². The standard InChI is InChI=1S/C18H28N2O/c1-14(2)18(16-7-5-4-6-8-16)20(3)17(21)10-9-15-11-12-19-13-15/h4-8,14-15,18-19H,9-13H2,1-3H3. The molecule has 3 heteroatoms. The molecule has 1 aromatic carbocycles. The van der Waals surface area contributed by atoms with Gasteiger partial charge in [0.15, 0.2) is 0 Å². The van der Waals surface area contributed by atoms with E-state index in [9.17, 15) is 4.79 Å². The van der Waals surface area contributed by atoms with Gasteiger partial charge in [-0.15, -0.1) is 0 Å². The van der Waals surface area contributed by atoms with Gasteiger partial charge in [-0.3, -0.25) is 4.79 Å². The van der Waals surface area contributed by atoms with Crippen molar-refractivity contribution in [1.29, 1.82) is 0 Å². The highest BCUT2D eigenvalue weighted by atomic mass is 16.2. The van der Waals surface area contributed by atoms with Gasteiger partial charge in [0.05, 0.1) is 6.04 Å². The largest absolute Gasteiger partial charge is 0.338 e. The molecule has 0 saturated carbocycles. The summed E-state index contributed by atoms with van der Waals surface area (Å²) in [7, 11) is 1.95. The molecule has 0 aromatic heterocycles. The maximum absolute atomic E-state index is 12.5. The van der Waals surface area contributed by atoms with Crippen molar-refractivity contribution in [2.24, 2.45) is 11.8 Å². The highest BCUT2D eigenvalue weighted by molar-refractivity contribution is 5.76. The summed E-state index contributed by atoms with van der Waals surface area (Å²) in [5, 5.41) is 3.37. The number of carbonyl (C=O) groups is 1. The molecule has 1 amide bonds. The Labute approximate surface area is 128 Å². The fourth-order valence-electron chi connectivity index (χ4n) is 3.33. The first-order chi connectivity index (χ1) is 10.1. The topological polar surface area (TPSA) is 32.3 Å². The molecule has 2 unspecified atom stereocenters. The van der Waals surface area contributed by atoms with Crippen LogP contribution in [0.2, 0.25) is 0 Å². The van der Waals surface area contributed by atoms with Crippen LogP contribution in [-0.2, 0) is 4.79 Å². The van der Waals surface area contributed by atoms with E-state index in [-0.39, 0.29) is 11.9 Å². The predicted molar refractivity (Wildman–Crippen MR) is 87.0 cm³/mol. The van der Waals surface area contributed by atoms with Crippen LogP contribution >= 0.6 is 0 Å². The summed E-state index contributed by atoms with van der Waals surface area (Å²) in [5.41, 5.74) is 1.23. The summed E-state index contributed by atoms with van der Waals surface area (Å²) >= 11 is 0. The van der Waals surface area contributed by atoms with Crippen LogP contribution in [0.4, 0.5) is 0 Å². The lowest BCUT2D eigenvalue weighted by Crippen LogP contribution is -2.34. The third kappa shape index (κ3) is 4.31. The molecule has 1 aliphatic rings. The van der Waals surface area contributed by atoms with Gasteiger partial charge in [-0.1, -0.05) is 44.2 Å². The van der Waals surface area contributed by atoms with Crippen LogP contribution in [0.1, 0.15) is 44.7 Å². The molecule has 0 radical (unpaired) electrons. The zero-order valence-corrected chi connectivity index (χ0v) is 13.5. The van der Waals surface area contributed by atoms with Crippen LogP contribution in [0.5, 0.6) is 0 Å². The summed E-state index contributed by atoms with van der Waals surface area (Å²) in [6.07, 6.45) is 2.89. The van der Waals surface area contributed by atoms with E-state index in [1.54, 1.807) is 0 Å². The van der Waals surface area contributed by atoms with Gasteiger partial charge in [0, 0.05) is 13.5 Å². The number of carbonyl (C=O) groups excluding carboxylic acids is 1. The number of hydrogen-bond donors (Lipinski definition) is 1. The van der Waals surface area contributed by atoms with Gasteiger partial charge in [-0.05, 0) is 43.3 Å². The number of nitrogens with one attached hydrogen (secondary N) is 1. The van der Waals surface area contributed by atoms with E-state index in [0.717, 1.165) is 19.5 Å². The smallest absolute Gasteiger partial charge is 0.222 e. The van der Waals surface area contributed by atoms with Crippen LogP contribution in [0.15, 0.2) is 30.3 Å². The molecule has 1 heterocycles. The summed E-state index contributed by atoms with van der Waals surface area (Å²) in [6, 6.07) is 10.5. The highest BCUT2D eigenvalue weighted by Gasteiger charge is 2.25. The Bertz CT molecular complexity index is 438. The maximum Gasteiger partial charge on any atom is 0.222 e. The molecule has 1 N–H and O–H groups in total. The van der Waals surface area contributed by atoms with Crippen molar-refractivity contribution >= 4 is 5.91 Å². The molecule has 1 fully saturated rings. The zero-order valence-electron chi connectivity index (χ0n) is 13.5. The van der Waals surface area contributed by atoms with E-state index in [0.29, 0.717) is 18.3 Å². The van der Waals surface area contributed by atoms with Crippen molar-refractivity contribution in [2.75, 3.05) is 20.1 Å². The number of amides is 1. The Morgan fingerprint density at radius 1 is 1.33 bits per heavy atom.